The van der Waals surface area contributed by atoms with Crippen LogP contribution >= 0.6 is 12.4 Å². The van der Waals surface area contributed by atoms with Crippen LogP contribution in [0.25, 0.3) is 0 Å². The van der Waals surface area contributed by atoms with Crippen molar-refractivity contribution in [2.75, 3.05) is 26.7 Å². The lowest BCUT2D eigenvalue weighted by atomic mass is 9.84. The molecule has 0 bridgehead atoms. The third-order valence-corrected chi connectivity index (χ3v) is 4.31. The number of halogens is 1. The summed E-state index contributed by atoms with van der Waals surface area (Å²) in [4.78, 5) is 14.7. The van der Waals surface area contributed by atoms with E-state index in [0.29, 0.717) is 18.9 Å². The Kier molecular flexibility index (Phi) is 6.69. The van der Waals surface area contributed by atoms with E-state index in [2.05, 4.69) is 0 Å². The molecule has 2 rings (SSSR count). The van der Waals surface area contributed by atoms with Gasteiger partial charge in [-0.15, -0.1) is 12.4 Å². The molecule has 22 heavy (non-hydrogen) atoms. The van der Waals surface area contributed by atoms with Gasteiger partial charge in [0.2, 0.25) is 5.91 Å². The largest absolute Gasteiger partial charge is 0.496 e. The molecule has 0 aliphatic carbocycles. The van der Waals surface area contributed by atoms with Crippen LogP contribution in [0, 0.1) is 11.3 Å². The van der Waals surface area contributed by atoms with E-state index in [-0.39, 0.29) is 18.3 Å². The fraction of sp³-hybridized carbons (Fsp3) is 0.588. The molecule has 1 aliphatic heterocycles. The molecule has 1 atom stereocenters. The van der Waals surface area contributed by atoms with Gasteiger partial charge in [-0.25, -0.2) is 0 Å². The first-order valence-electron chi connectivity index (χ1n) is 7.59. The van der Waals surface area contributed by atoms with Crippen molar-refractivity contribution in [1.82, 2.24) is 4.90 Å². The van der Waals surface area contributed by atoms with Crippen LogP contribution in [0.1, 0.15) is 25.8 Å². The van der Waals surface area contributed by atoms with Gasteiger partial charge in [-0.1, -0.05) is 32.0 Å². The van der Waals surface area contributed by atoms with Crippen LogP contribution in [-0.4, -0.2) is 37.6 Å². The van der Waals surface area contributed by atoms with E-state index >= 15 is 0 Å². The Morgan fingerprint density at radius 2 is 2.09 bits per heavy atom. The average molecular weight is 327 g/mol. The monoisotopic (exact) mass is 326 g/mol. The minimum Gasteiger partial charge on any atom is -0.496 e. The van der Waals surface area contributed by atoms with Crippen molar-refractivity contribution in [3.05, 3.63) is 29.8 Å². The van der Waals surface area contributed by atoms with Crippen LogP contribution in [-0.2, 0) is 11.2 Å². The summed E-state index contributed by atoms with van der Waals surface area (Å²) in [5.41, 5.74) is 6.36. The summed E-state index contributed by atoms with van der Waals surface area (Å²) in [5, 5.41) is 0. The van der Waals surface area contributed by atoms with Crippen molar-refractivity contribution in [2.45, 2.75) is 26.7 Å². The van der Waals surface area contributed by atoms with Gasteiger partial charge in [0.05, 0.1) is 7.11 Å². The molecule has 1 aromatic rings. The number of hydrogen-bond acceptors (Lipinski definition) is 3. The Morgan fingerprint density at radius 3 is 2.68 bits per heavy atom. The van der Waals surface area contributed by atoms with Crippen LogP contribution in [0.15, 0.2) is 24.3 Å². The van der Waals surface area contributed by atoms with E-state index in [4.69, 9.17) is 10.5 Å². The molecule has 1 amide bonds. The molecule has 0 spiro atoms. The van der Waals surface area contributed by atoms with E-state index in [0.717, 1.165) is 30.8 Å². The summed E-state index contributed by atoms with van der Waals surface area (Å²) in [7, 11) is 1.67. The first-order valence-corrected chi connectivity index (χ1v) is 7.59. The smallest absolute Gasteiger partial charge is 0.228 e. The molecule has 2 N–H and O–H groups in total. The molecule has 124 valence electrons. The number of carbonyl (C=O) groups excluding carboxylic acids is 1. The van der Waals surface area contributed by atoms with Crippen molar-refractivity contribution in [3.8, 4) is 5.75 Å². The summed E-state index contributed by atoms with van der Waals surface area (Å²) in [6.07, 6.45) is 1.70. The zero-order valence-electron chi connectivity index (χ0n) is 13.7. The van der Waals surface area contributed by atoms with Gasteiger partial charge in [-0.2, -0.15) is 0 Å². The zero-order valence-corrected chi connectivity index (χ0v) is 14.5. The summed E-state index contributed by atoms with van der Waals surface area (Å²) in [6.45, 7) is 6.31. The molecular weight excluding hydrogens is 300 g/mol. The highest BCUT2D eigenvalue weighted by Gasteiger charge is 2.36. The second-order valence-corrected chi connectivity index (χ2v) is 6.51. The molecule has 4 nitrogen and oxygen atoms in total. The average Bonchev–Trinajstić information content (AvgIpc) is 2.95. The van der Waals surface area contributed by atoms with Crippen molar-refractivity contribution in [3.63, 3.8) is 0 Å². The molecule has 1 saturated heterocycles. The number of nitrogens with zero attached hydrogens (tertiary/aromatic N) is 1. The number of amides is 1. The van der Waals surface area contributed by atoms with Gasteiger partial charge in [-0.3, -0.25) is 4.79 Å². The fourth-order valence-electron chi connectivity index (χ4n) is 3.04. The van der Waals surface area contributed by atoms with Crippen molar-refractivity contribution in [1.29, 1.82) is 0 Å². The number of nitrogens with two attached hydrogens (primary N) is 1. The lowest BCUT2D eigenvalue weighted by molar-refractivity contribution is -0.139. The Bertz CT molecular complexity index is 505. The van der Waals surface area contributed by atoms with E-state index in [1.165, 1.54) is 0 Å². The van der Waals surface area contributed by atoms with E-state index in [9.17, 15) is 4.79 Å². The van der Waals surface area contributed by atoms with Gasteiger partial charge < -0.3 is 15.4 Å². The summed E-state index contributed by atoms with van der Waals surface area (Å²) < 4.78 is 5.39. The highest BCUT2D eigenvalue weighted by atomic mass is 35.5. The second-order valence-electron chi connectivity index (χ2n) is 6.51. The molecule has 1 fully saturated rings. The Labute approximate surface area is 139 Å². The van der Waals surface area contributed by atoms with Crippen LogP contribution in [0.5, 0.6) is 5.75 Å². The van der Waals surface area contributed by atoms with Gasteiger partial charge in [0.1, 0.15) is 5.75 Å². The van der Waals surface area contributed by atoms with E-state index in [1.807, 2.05) is 43.0 Å². The zero-order chi connectivity index (χ0) is 15.5. The predicted molar refractivity (Wildman–Crippen MR) is 91.5 cm³/mol. The minimum absolute atomic E-state index is 0. The molecule has 1 aliphatic rings. The summed E-state index contributed by atoms with van der Waals surface area (Å²) in [5.74, 6) is 1.51. The number of para-hydroxylation sites is 1. The van der Waals surface area contributed by atoms with Crippen LogP contribution in [0.4, 0.5) is 0 Å². The lowest BCUT2D eigenvalue weighted by Gasteiger charge is -2.30. The Morgan fingerprint density at radius 1 is 1.41 bits per heavy atom. The van der Waals surface area contributed by atoms with Gasteiger partial charge in [0.25, 0.3) is 0 Å². The van der Waals surface area contributed by atoms with E-state index < -0.39 is 5.41 Å². The van der Waals surface area contributed by atoms with Crippen LogP contribution < -0.4 is 10.5 Å². The molecule has 1 aromatic carbocycles. The number of rotatable bonds is 5. The highest BCUT2D eigenvalue weighted by molar-refractivity contribution is 5.85. The van der Waals surface area contributed by atoms with Crippen LogP contribution in [0.2, 0.25) is 0 Å². The van der Waals surface area contributed by atoms with Gasteiger partial charge in [-0.05, 0) is 36.9 Å². The Hall–Kier alpha value is -1.26. The lowest BCUT2D eigenvalue weighted by Crippen LogP contribution is -2.41. The molecule has 1 unspecified atom stereocenters. The van der Waals surface area contributed by atoms with Crippen molar-refractivity contribution < 1.29 is 9.53 Å². The van der Waals surface area contributed by atoms with Crippen LogP contribution in [0.3, 0.4) is 0 Å². The van der Waals surface area contributed by atoms with Gasteiger partial charge in [0, 0.05) is 18.5 Å². The molecule has 0 aromatic heterocycles. The maximum atomic E-state index is 12.8. The predicted octanol–water partition coefficient (Wildman–Crippen LogP) is 2.49. The number of likely N-dealkylation sites (tertiary alicyclic amines) is 1. The number of benzene rings is 1. The summed E-state index contributed by atoms with van der Waals surface area (Å²) >= 11 is 0. The van der Waals surface area contributed by atoms with Crippen molar-refractivity contribution >= 4 is 18.3 Å². The number of carbonyl (C=O) groups is 1. The SMILES string of the molecule is COc1ccccc1CC(C)(C)C(=O)N1CCC(CN)C1.Cl. The standard InChI is InChI=1S/C17H26N2O2.ClH/c1-17(2,10-14-6-4-5-7-15(14)21-3)16(20)19-9-8-13(11-18)12-19;/h4-7,13H,8-12,18H2,1-3H3;1H. The molecule has 0 radical (unpaired) electrons. The third kappa shape index (κ3) is 4.14. The maximum absolute atomic E-state index is 12.8. The number of hydrogen-bond donors (Lipinski definition) is 1. The molecular formula is C17H27ClN2O2. The molecule has 5 heteroatoms. The molecule has 1 heterocycles. The molecule has 0 saturated carbocycles. The summed E-state index contributed by atoms with van der Waals surface area (Å²) in [6, 6.07) is 7.90. The van der Waals surface area contributed by atoms with Gasteiger partial charge >= 0.3 is 0 Å². The number of ether oxygens (including phenoxy) is 1. The minimum atomic E-state index is -0.432. The third-order valence-electron chi connectivity index (χ3n) is 4.31. The fourth-order valence-corrected chi connectivity index (χ4v) is 3.04. The Balaban J connectivity index is 0.00000242. The first kappa shape index (κ1) is 18.8. The van der Waals surface area contributed by atoms with E-state index in [1.54, 1.807) is 7.11 Å². The topological polar surface area (TPSA) is 55.6 Å². The highest BCUT2D eigenvalue weighted by Crippen LogP contribution is 2.31. The van der Waals surface area contributed by atoms with Crippen molar-refractivity contribution in [2.24, 2.45) is 17.1 Å². The first-order chi connectivity index (χ1) is 9.97. The van der Waals surface area contributed by atoms with Gasteiger partial charge in [0.15, 0.2) is 0 Å². The normalized spacial score (nSPS) is 18.0. The second kappa shape index (κ2) is 7.84. The quantitative estimate of drug-likeness (QED) is 0.904. The number of methoxy groups -OCH3 is 1. The maximum Gasteiger partial charge on any atom is 0.228 e.